The minimum atomic E-state index is -0.0641. The Morgan fingerprint density at radius 3 is 2.10 bits per heavy atom. The summed E-state index contributed by atoms with van der Waals surface area (Å²) in [6.45, 7) is 8.28. The molecule has 0 aromatic rings. The lowest BCUT2D eigenvalue weighted by atomic mass is 10.1. The van der Waals surface area contributed by atoms with Crippen LogP contribution in [0.25, 0.3) is 0 Å². The largest absolute Gasteiger partial charge is 0.354 e. The minimum Gasteiger partial charge on any atom is -0.354 e. The molecule has 6 heteroatoms. The highest BCUT2D eigenvalue weighted by molar-refractivity contribution is 7.99. The van der Waals surface area contributed by atoms with Gasteiger partial charge in [-0.3, -0.25) is 14.4 Å². The number of hydrogen-bond donors (Lipinski definition) is 2. The van der Waals surface area contributed by atoms with E-state index in [-0.39, 0.29) is 29.4 Å². The number of ketones is 1. The number of rotatable bonds is 10. The molecule has 0 radical (unpaired) electrons. The Labute approximate surface area is 125 Å². The molecule has 0 heterocycles. The van der Waals surface area contributed by atoms with Gasteiger partial charge in [0.25, 0.3) is 0 Å². The van der Waals surface area contributed by atoms with Gasteiger partial charge in [-0.1, -0.05) is 27.7 Å². The monoisotopic (exact) mass is 302 g/mol. The summed E-state index contributed by atoms with van der Waals surface area (Å²) in [4.78, 5) is 34.1. The van der Waals surface area contributed by atoms with Crippen LogP contribution in [0.15, 0.2) is 0 Å². The van der Waals surface area contributed by atoms with Crippen molar-refractivity contribution in [2.75, 3.05) is 24.6 Å². The van der Waals surface area contributed by atoms with E-state index in [0.29, 0.717) is 31.0 Å². The van der Waals surface area contributed by atoms with Crippen molar-refractivity contribution in [3.63, 3.8) is 0 Å². The van der Waals surface area contributed by atoms with E-state index in [1.807, 2.05) is 27.7 Å². The second kappa shape index (κ2) is 10.7. The van der Waals surface area contributed by atoms with Crippen LogP contribution in [0.5, 0.6) is 0 Å². The van der Waals surface area contributed by atoms with Gasteiger partial charge in [0.1, 0.15) is 5.78 Å². The number of hydrogen-bond acceptors (Lipinski definition) is 4. The standard InChI is InChI=1S/C14H26N2O3S/c1-10(2)12(17)5-8-20-9-13(18)15-6-7-16-14(19)11(3)4/h10-11H,5-9H2,1-4H3,(H,15,18)(H,16,19). The molecule has 0 rings (SSSR count). The number of nitrogens with one attached hydrogen (secondary N) is 2. The van der Waals surface area contributed by atoms with Crippen molar-refractivity contribution in [3.8, 4) is 0 Å². The number of Topliss-reactive ketones (excluding diaryl/α,β-unsaturated/α-hetero) is 1. The van der Waals surface area contributed by atoms with Gasteiger partial charge >= 0.3 is 0 Å². The summed E-state index contributed by atoms with van der Waals surface area (Å²) < 4.78 is 0. The van der Waals surface area contributed by atoms with Crippen LogP contribution in [0, 0.1) is 11.8 Å². The molecule has 0 fully saturated rings. The summed E-state index contributed by atoms with van der Waals surface area (Å²) in [6.07, 6.45) is 0.514. The number of amides is 2. The Morgan fingerprint density at radius 1 is 0.950 bits per heavy atom. The molecule has 0 aromatic heterocycles. The first-order valence-corrected chi connectivity index (χ1v) is 8.15. The topological polar surface area (TPSA) is 75.3 Å². The van der Waals surface area contributed by atoms with Gasteiger partial charge in [-0.05, 0) is 0 Å². The van der Waals surface area contributed by atoms with E-state index in [2.05, 4.69) is 10.6 Å². The highest BCUT2D eigenvalue weighted by Crippen LogP contribution is 2.06. The molecular formula is C14H26N2O3S. The van der Waals surface area contributed by atoms with Gasteiger partial charge in [-0.15, -0.1) is 0 Å². The number of carbonyl (C=O) groups is 3. The Kier molecular flexibility index (Phi) is 10.2. The zero-order chi connectivity index (χ0) is 15.5. The van der Waals surface area contributed by atoms with Crippen molar-refractivity contribution in [3.05, 3.63) is 0 Å². The molecule has 0 bridgehead atoms. The van der Waals surface area contributed by atoms with Crippen LogP contribution >= 0.6 is 11.8 Å². The molecular weight excluding hydrogens is 276 g/mol. The second-order valence-electron chi connectivity index (χ2n) is 5.22. The van der Waals surface area contributed by atoms with Crippen LogP contribution in [0.4, 0.5) is 0 Å². The molecule has 0 saturated carbocycles. The maximum Gasteiger partial charge on any atom is 0.230 e. The van der Waals surface area contributed by atoms with Crippen LogP contribution in [-0.4, -0.2) is 42.2 Å². The highest BCUT2D eigenvalue weighted by Gasteiger charge is 2.08. The first-order valence-electron chi connectivity index (χ1n) is 6.99. The van der Waals surface area contributed by atoms with Crippen molar-refractivity contribution in [1.29, 1.82) is 0 Å². The summed E-state index contributed by atoms with van der Waals surface area (Å²) in [5.41, 5.74) is 0. The highest BCUT2D eigenvalue weighted by atomic mass is 32.2. The first-order chi connectivity index (χ1) is 9.34. The molecule has 116 valence electrons. The van der Waals surface area contributed by atoms with E-state index in [0.717, 1.165) is 0 Å². The van der Waals surface area contributed by atoms with E-state index in [4.69, 9.17) is 0 Å². The normalized spacial score (nSPS) is 10.7. The lowest BCUT2D eigenvalue weighted by Crippen LogP contribution is -2.37. The van der Waals surface area contributed by atoms with Crippen LogP contribution in [0.1, 0.15) is 34.1 Å². The lowest BCUT2D eigenvalue weighted by Gasteiger charge is -2.08. The van der Waals surface area contributed by atoms with Crippen LogP contribution in [-0.2, 0) is 14.4 Å². The molecule has 2 N–H and O–H groups in total. The van der Waals surface area contributed by atoms with Gasteiger partial charge in [0.05, 0.1) is 5.75 Å². The van der Waals surface area contributed by atoms with Gasteiger partial charge in [-0.2, -0.15) is 11.8 Å². The Morgan fingerprint density at radius 2 is 1.55 bits per heavy atom. The van der Waals surface area contributed by atoms with Crippen LogP contribution in [0.2, 0.25) is 0 Å². The summed E-state index contributed by atoms with van der Waals surface area (Å²) in [5.74, 6) is 1.20. The van der Waals surface area contributed by atoms with Crippen LogP contribution in [0.3, 0.4) is 0 Å². The van der Waals surface area contributed by atoms with E-state index >= 15 is 0 Å². The number of carbonyl (C=O) groups excluding carboxylic acids is 3. The smallest absolute Gasteiger partial charge is 0.230 e. The third-order valence-electron chi connectivity index (χ3n) is 2.64. The van der Waals surface area contributed by atoms with Crippen molar-refractivity contribution in [2.45, 2.75) is 34.1 Å². The molecule has 2 amide bonds. The molecule has 20 heavy (non-hydrogen) atoms. The maximum atomic E-state index is 11.5. The van der Waals surface area contributed by atoms with Gasteiger partial charge in [-0.25, -0.2) is 0 Å². The summed E-state index contributed by atoms with van der Waals surface area (Å²) in [5, 5.41) is 5.46. The SMILES string of the molecule is CC(C)C(=O)CCSCC(=O)NCCNC(=O)C(C)C. The van der Waals surface area contributed by atoms with E-state index in [9.17, 15) is 14.4 Å². The molecule has 5 nitrogen and oxygen atoms in total. The lowest BCUT2D eigenvalue weighted by molar-refractivity contribution is -0.124. The molecule has 0 aliphatic heterocycles. The zero-order valence-electron chi connectivity index (χ0n) is 12.8. The molecule has 0 unspecified atom stereocenters. The van der Waals surface area contributed by atoms with Crippen molar-refractivity contribution in [1.82, 2.24) is 10.6 Å². The fourth-order valence-corrected chi connectivity index (χ4v) is 2.05. The fraction of sp³-hybridized carbons (Fsp3) is 0.786. The van der Waals surface area contributed by atoms with Gasteiger partial charge in [0.15, 0.2) is 0 Å². The Hall–Kier alpha value is -1.04. The molecule has 0 spiro atoms. The Bertz CT molecular complexity index is 300. The van der Waals surface area contributed by atoms with Crippen LogP contribution < -0.4 is 10.6 Å². The predicted molar refractivity (Wildman–Crippen MR) is 82.6 cm³/mol. The molecule has 0 atom stereocenters. The van der Waals surface area contributed by atoms with Gasteiger partial charge in [0, 0.05) is 37.1 Å². The fourth-order valence-electron chi connectivity index (χ4n) is 1.27. The summed E-state index contributed by atoms with van der Waals surface area (Å²) in [7, 11) is 0. The zero-order valence-corrected chi connectivity index (χ0v) is 13.6. The van der Waals surface area contributed by atoms with E-state index in [1.54, 1.807) is 0 Å². The quantitative estimate of drug-likeness (QED) is 0.595. The van der Waals surface area contributed by atoms with E-state index in [1.165, 1.54) is 11.8 Å². The average Bonchev–Trinajstić information content (AvgIpc) is 2.38. The maximum absolute atomic E-state index is 11.5. The first kappa shape index (κ1) is 19.0. The molecule has 0 saturated heterocycles. The van der Waals surface area contributed by atoms with Gasteiger partial charge < -0.3 is 10.6 Å². The summed E-state index contributed by atoms with van der Waals surface area (Å²) in [6, 6.07) is 0. The third-order valence-corrected chi connectivity index (χ3v) is 3.60. The molecule has 0 aromatic carbocycles. The van der Waals surface area contributed by atoms with Crippen molar-refractivity contribution < 1.29 is 14.4 Å². The average molecular weight is 302 g/mol. The number of thioether (sulfide) groups is 1. The molecule has 0 aliphatic rings. The predicted octanol–water partition coefficient (Wildman–Crippen LogP) is 1.22. The van der Waals surface area contributed by atoms with Crippen molar-refractivity contribution in [2.24, 2.45) is 11.8 Å². The van der Waals surface area contributed by atoms with Gasteiger partial charge in [0.2, 0.25) is 11.8 Å². The molecule has 0 aliphatic carbocycles. The summed E-state index contributed by atoms with van der Waals surface area (Å²) >= 11 is 1.46. The second-order valence-corrected chi connectivity index (χ2v) is 6.32. The minimum absolute atomic E-state index is 0.0131. The third kappa shape index (κ3) is 9.83. The van der Waals surface area contributed by atoms with E-state index < -0.39 is 0 Å². The van der Waals surface area contributed by atoms with Crippen molar-refractivity contribution >= 4 is 29.4 Å². The Balaban J connectivity index is 3.51.